The molecule has 0 aromatic carbocycles. The monoisotopic (exact) mass is 451 g/mol. The van der Waals surface area contributed by atoms with E-state index in [1.807, 2.05) is 0 Å². The quantitative estimate of drug-likeness (QED) is 0.627. The Balaban J connectivity index is 1.62. The van der Waals surface area contributed by atoms with Crippen LogP contribution in [-0.4, -0.2) is 60.2 Å². The lowest BCUT2D eigenvalue weighted by Crippen LogP contribution is -2.52. The Bertz CT molecular complexity index is 964. The van der Waals surface area contributed by atoms with Gasteiger partial charge in [0.15, 0.2) is 0 Å². The van der Waals surface area contributed by atoms with Crippen molar-refractivity contribution in [3.05, 3.63) is 40.9 Å². The van der Waals surface area contributed by atoms with Gasteiger partial charge in [0.1, 0.15) is 5.82 Å². The van der Waals surface area contributed by atoms with Gasteiger partial charge in [-0.3, -0.25) is 14.4 Å². The van der Waals surface area contributed by atoms with E-state index in [1.165, 1.54) is 24.1 Å². The van der Waals surface area contributed by atoms with Crippen LogP contribution in [0.25, 0.3) is 0 Å². The average Bonchev–Trinajstić information content (AvgIpc) is 3.20. The molecule has 0 radical (unpaired) electrons. The van der Waals surface area contributed by atoms with E-state index < -0.39 is 24.2 Å². The molecule has 166 valence electrons. The second-order valence-electron chi connectivity index (χ2n) is 7.20. The average molecular weight is 451 g/mol. The first-order valence-electron chi connectivity index (χ1n) is 9.66. The predicted octanol–water partition coefficient (Wildman–Crippen LogP) is 2.67. The molecule has 1 fully saturated rings. The zero-order chi connectivity index (χ0) is 22.6. The number of carbonyl (C=O) groups excluding carboxylic acids is 3. The van der Waals surface area contributed by atoms with Gasteiger partial charge in [0.2, 0.25) is 5.91 Å². The van der Waals surface area contributed by atoms with Gasteiger partial charge in [-0.25, -0.2) is 13.8 Å². The van der Waals surface area contributed by atoms with Crippen LogP contribution in [0.5, 0.6) is 0 Å². The van der Waals surface area contributed by atoms with Gasteiger partial charge in [0, 0.05) is 46.2 Å². The van der Waals surface area contributed by atoms with Gasteiger partial charge in [0.25, 0.3) is 17.7 Å². The molecule has 2 aromatic heterocycles. The molecule has 3 rings (SSSR count). The molecule has 1 unspecified atom stereocenters. The minimum Gasteiger partial charge on any atom is -0.373 e. The molecular formula is C20H23F2N5O3S. The summed E-state index contributed by atoms with van der Waals surface area (Å²) in [6, 6.07) is 6.32. The Labute approximate surface area is 182 Å². The molecule has 0 spiro atoms. The summed E-state index contributed by atoms with van der Waals surface area (Å²) < 4.78 is 28.9. The molecule has 1 aliphatic heterocycles. The highest BCUT2D eigenvalue weighted by atomic mass is 32.1. The van der Waals surface area contributed by atoms with Crippen LogP contribution in [0.2, 0.25) is 0 Å². The molecule has 1 atom stereocenters. The molecule has 3 amide bonds. The lowest BCUT2D eigenvalue weighted by atomic mass is 9.93. The number of alkyl halides is 2. The van der Waals surface area contributed by atoms with E-state index in [2.05, 4.69) is 20.9 Å². The van der Waals surface area contributed by atoms with E-state index in [4.69, 9.17) is 0 Å². The molecule has 3 N–H and O–H groups in total. The second-order valence-corrected chi connectivity index (χ2v) is 8.28. The summed E-state index contributed by atoms with van der Waals surface area (Å²) in [7, 11) is 1.70. The molecule has 1 saturated heterocycles. The molecule has 8 nitrogen and oxygen atoms in total. The number of nitrogens with one attached hydrogen (secondary N) is 3. The SMILES string of the molecule is CNc1ccc(C(=O)N2CCC(F)(F)C(CNC(=O)c3ccc(NC(C)=O)s3)C2)cn1. The van der Waals surface area contributed by atoms with E-state index in [9.17, 15) is 23.2 Å². The maximum absolute atomic E-state index is 14.5. The minimum absolute atomic E-state index is 0.0743. The number of pyridine rings is 1. The predicted molar refractivity (Wildman–Crippen MR) is 114 cm³/mol. The number of thiophene rings is 1. The zero-order valence-corrected chi connectivity index (χ0v) is 17.9. The minimum atomic E-state index is -3.00. The van der Waals surface area contributed by atoms with Crippen LogP contribution in [-0.2, 0) is 4.79 Å². The third kappa shape index (κ3) is 5.54. The number of piperidine rings is 1. The standard InChI is InChI=1S/C20H23F2N5O3S/c1-12(28)26-17-6-4-15(31-17)18(29)25-10-14-11-27(8-7-20(14,21)22)19(30)13-3-5-16(23-2)24-9-13/h3-6,9,14H,7-8,10-11H2,1-2H3,(H,23,24)(H,25,29)(H,26,28). The van der Waals surface area contributed by atoms with Gasteiger partial charge < -0.3 is 20.9 Å². The molecular weight excluding hydrogens is 428 g/mol. The van der Waals surface area contributed by atoms with E-state index in [0.29, 0.717) is 21.3 Å². The lowest BCUT2D eigenvalue weighted by molar-refractivity contribution is -0.114. The summed E-state index contributed by atoms with van der Waals surface area (Å²) in [5.74, 6) is -4.77. The van der Waals surface area contributed by atoms with Crippen LogP contribution in [0.15, 0.2) is 30.5 Å². The largest absolute Gasteiger partial charge is 0.373 e. The Kier molecular flexibility index (Phi) is 6.84. The molecule has 0 bridgehead atoms. The van der Waals surface area contributed by atoms with Crippen molar-refractivity contribution in [2.75, 3.05) is 37.3 Å². The summed E-state index contributed by atoms with van der Waals surface area (Å²) >= 11 is 1.05. The molecule has 2 aromatic rings. The maximum Gasteiger partial charge on any atom is 0.261 e. The molecule has 0 aliphatic carbocycles. The first-order valence-corrected chi connectivity index (χ1v) is 10.5. The van der Waals surface area contributed by atoms with Crippen molar-refractivity contribution in [1.82, 2.24) is 15.2 Å². The number of aromatic nitrogens is 1. The number of hydrogen-bond donors (Lipinski definition) is 3. The van der Waals surface area contributed by atoms with Crippen molar-refractivity contribution < 1.29 is 23.2 Å². The molecule has 31 heavy (non-hydrogen) atoms. The zero-order valence-electron chi connectivity index (χ0n) is 17.1. The number of rotatable bonds is 6. The van der Waals surface area contributed by atoms with Crippen LogP contribution < -0.4 is 16.0 Å². The van der Waals surface area contributed by atoms with E-state index in [-0.39, 0.29) is 31.4 Å². The van der Waals surface area contributed by atoms with Crippen molar-refractivity contribution in [2.24, 2.45) is 5.92 Å². The first kappa shape index (κ1) is 22.6. The summed E-state index contributed by atoms with van der Waals surface area (Å²) in [5.41, 5.74) is 0.316. The number of amides is 3. The van der Waals surface area contributed by atoms with Crippen LogP contribution in [0.4, 0.5) is 19.6 Å². The first-order chi connectivity index (χ1) is 14.7. The van der Waals surface area contributed by atoms with E-state index in [0.717, 1.165) is 11.3 Å². The van der Waals surface area contributed by atoms with Gasteiger partial charge in [-0.15, -0.1) is 11.3 Å². The number of hydrogen-bond acceptors (Lipinski definition) is 6. The van der Waals surface area contributed by atoms with E-state index >= 15 is 0 Å². The van der Waals surface area contributed by atoms with Crippen LogP contribution >= 0.6 is 11.3 Å². The number of likely N-dealkylation sites (tertiary alicyclic amines) is 1. The van der Waals surface area contributed by atoms with Crippen LogP contribution in [0.3, 0.4) is 0 Å². The maximum atomic E-state index is 14.5. The van der Waals surface area contributed by atoms with Gasteiger partial charge in [0.05, 0.1) is 21.4 Å². The topological polar surface area (TPSA) is 103 Å². The smallest absolute Gasteiger partial charge is 0.261 e. The van der Waals surface area contributed by atoms with Crippen molar-refractivity contribution in [1.29, 1.82) is 0 Å². The van der Waals surface area contributed by atoms with Crippen LogP contribution in [0, 0.1) is 5.92 Å². The summed E-state index contributed by atoms with van der Waals surface area (Å²) in [5, 5.41) is 8.43. The fraction of sp³-hybridized carbons (Fsp3) is 0.400. The van der Waals surface area contributed by atoms with Gasteiger partial charge >= 0.3 is 0 Å². The highest BCUT2D eigenvalue weighted by Gasteiger charge is 2.45. The van der Waals surface area contributed by atoms with Crippen molar-refractivity contribution in [3.8, 4) is 0 Å². The highest BCUT2D eigenvalue weighted by Crippen LogP contribution is 2.34. The molecule has 11 heteroatoms. The molecule has 1 aliphatic rings. The Morgan fingerprint density at radius 2 is 2.03 bits per heavy atom. The number of carbonyl (C=O) groups is 3. The van der Waals surface area contributed by atoms with Crippen molar-refractivity contribution in [3.63, 3.8) is 0 Å². The third-order valence-corrected chi connectivity index (χ3v) is 5.94. The van der Waals surface area contributed by atoms with Crippen molar-refractivity contribution >= 4 is 39.9 Å². The molecule has 0 saturated carbocycles. The normalized spacial score (nSPS) is 17.7. The van der Waals surface area contributed by atoms with Crippen LogP contribution in [0.1, 0.15) is 33.4 Å². The number of nitrogens with zero attached hydrogens (tertiary/aromatic N) is 2. The molecule has 3 heterocycles. The second kappa shape index (κ2) is 9.38. The summed E-state index contributed by atoms with van der Waals surface area (Å²) in [4.78, 5) is 41.9. The van der Waals surface area contributed by atoms with Gasteiger partial charge in [-0.2, -0.15) is 0 Å². The van der Waals surface area contributed by atoms with Gasteiger partial charge in [-0.05, 0) is 24.3 Å². The number of anilines is 2. The highest BCUT2D eigenvalue weighted by molar-refractivity contribution is 7.18. The van der Waals surface area contributed by atoms with Gasteiger partial charge in [-0.1, -0.05) is 0 Å². The fourth-order valence-corrected chi connectivity index (χ4v) is 4.10. The Morgan fingerprint density at radius 1 is 1.26 bits per heavy atom. The fourth-order valence-electron chi connectivity index (χ4n) is 3.23. The Morgan fingerprint density at radius 3 is 2.68 bits per heavy atom. The Hall–Kier alpha value is -3.08. The summed E-state index contributed by atoms with van der Waals surface area (Å²) in [6.07, 6.45) is 0.925. The third-order valence-electron chi connectivity index (χ3n) is 4.94. The van der Waals surface area contributed by atoms with E-state index in [1.54, 1.807) is 25.2 Å². The number of halogens is 2. The summed E-state index contributed by atoms with van der Waals surface area (Å²) in [6.45, 7) is 0.819. The van der Waals surface area contributed by atoms with Crippen molar-refractivity contribution in [2.45, 2.75) is 19.3 Å². The lowest BCUT2D eigenvalue weighted by Gasteiger charge is -2.38.